The van der Waals surface area contributed by atoms with Crippen LogP contribution in [0.15, 0.2) is 23.2 Å². The van der Waals surface area contributed by atoms with Crippen LogP contribution in [0.25, 0.3) is 0 Å². The summed E-state index contributed by atoms with van der Waals surface area (Å²) in [4.78, 5) is 38.0. The third-order valence-electron chi connectivity index (χ3n) is 3.64. The molecule has 0 N–H and O–H groups in total. The van der Waals surface area contributed by atoms with Crippen LogP contribution in [-0.4, -0.2) is 49.2 Å². The molecule has 0 fully saturated rings. The highest BCUT2D eigenvalue weighted by Crippen LogP contribution is 2.25. The second-order valence-corrected chi connectivity index (χ2v) is 5.79. The Morgan fingerprint density at radius 1 is 1.19 bits per heavy atom. The molecule has 2 rings (SSSR count). The molecule has 0 radical (unpaired) electrons. The van der Waals surface area contributed by atoms with Crippen molar-refractivity contribution in [2.45, 2.75) is 39.8 Å². The van der Waals surface area contributed by atoms with Gasteiger partial charge in [0.15, 0.2) is 6.10 Å². The summed E-state index contributed by atoms with van der Waals surface area (Å²) in [5.41, 5.74) is 1.37. The van der Waals surface area contributed by atoms with E-state index in [0.29, 0.717) is 22.8 Å². The normalized spacial score (nSPS) is 16.9. The van der Waals surface area contributed by atoms with Gasteiger partial charge in [0.05, 0.1) is 0 Å². The first-order valence-corrected chi connectivity index (χ1v) is 8.07. The quantitative estimate of drug-likeness (QED) is 0.558. The number of esters is 3. The van der Waals surface area contributed by atoms with Gasteiger partial charge in [-0.25, -0.2) is 4.99 Å². The van der Waals surface area contributed by atoms with Crippen molar-refractivity contribution in [3.63, 3.8) is 0 Å². The number of carbonyl (C=O) groups is 3. The lowest BCUT2D eigenvalue weighted by molar-refractivity contribution is -0.157. The van der Waals surface area contributed by atoms with Crippen molar-refractivity contribution in [2.24, 2.45) is 4.99 Å². The van der Waals surface area contributed by atoms with E-state index in [0.717, 1.165) is 0 Å². The van der Waals surface area contributed by atoms with E-state index in [1.807, 2.05) is 0 Å². The molecule has 8 nitrogen and oxygen atoms in total. The summed E-state index contributed by atoms with van der Waals surface area (Å²) in [6.07, 6.45) is -0.745. The number of ether oxygens (including phenoxy) is 4. The molecule has 2 atom stereocenters. The zero-order valence-corrected chi connectivity index (χ0v) is 15.1. The van der Waals surface area contributed by atoms with E-state index in [-0.39, 0.29) is 13.2 Å². The van der Waals surface area contributed by atoms with Gasteiger partial charge in [0, 0.05) is 31.9 Å². The molecule has 1 unspecified atom stereocenters. The maximum absolute atomic E-state index is 11.3. The Labute approximate surface area is 151 Å². The number of carbonyl (C=O) groups excluding carboxylic acids is 3. The van der Waals surface area contributed by atoms with E-state index in [4.69, 9.17) is 18.9 Å². The molecule has 8 heteroatoms. The summed E-state index contributed by atoms with van der Waals surface area (Å²) < 4.78 is 20.9. The van der Waals surface area contributed by atoms with Gasteiger partial charge >= 0.3 is 17.9 Å². The molecule has 0 amide bonds. The van der Waals surface area contributed by atoms with Crippen molar-refractivity contribution in [2.75, 3.05) is 13.2 Å². The van der Waals surface area contributed by atoms with Crippen LogP contribution in [0.1, 0.15) is 31.9 Å². The second-order valence-electron chi connectivity index (χ2n) is 5.79. The van der Waals surface area contributed by atoms with Crippen LogP contribution in [0.3, 0.4) is 0 Å². The van der Waals surface area contributed by atoms with E-state index >= 15 is 0 Å². The molecule has 1 aliphatic rings. The summed E-state index contributed by atoms with van der Waals surface area (Å²) in [5, 5.41) is 0. The summed E-state index contributed by atoms with van der Waals surface area (Å²) in [6, 6.07) is 4.68. The monoisotopic (exact) mass is 363 g/mol. The van der Waals surface area contributed by atoms with Crippen molar-refractivity contribution < 1.29 is 33.3 Å². The predicted molar refractivity (Wildman–Crippen MR) is 91.0 cm³/mol. The van der Waals surface area contributed by atoms with Crippen LogP contribution in [0.2, 0.25) is 0 Å². The van der Waals surface area contributed by atoms with E-state index < -0.39 is 30.1 Å². The van der Waals surface area contributed by atoms with E-state index in [9.17, 15) is 14.4 Å². The number of rotatable bonds is 6. The largest absolute Gasteiger partial charge is 0.475 e. The molecule has 0 aliphatic carbocycles. The molecule has 1 aromatic rings. The van der Waals surface area contributed by atoms with Gasteiger partial charge < -0.3 is 18.9 Å². The summed E-state index contributed by atoms with van der Waals surface area (Å²) in [7, 11) is 0. The molecule has 1 aromatic carbocycles. The molecule has 26 heavy (non-hydrogen) atoms. The van der Waals surface area contributed by atoms with Gasteiger partial charge in [0.1, 0.15) is 25.0 Å². The number of hydrogen-bond donors (Lipinski definition) is 0. The number of aliphatic imine (C=N–C) groups is 1. The Morgan fingerprint density at radius 2 is 1.92 bits per heavy atom. The van der Waals surface area contributed by atoms with Crippen molar-refractivity contribution in [3.05, 3.63) is 29.3 Å². The Morgan fingerprint density at radius 3 is 2.54 bits per heavy atom. The second kappa shape index (κ2) is 8.46. The Bertz CT molecular complexity index is 741. The van der Waals surface area contributed by atoms with E-state index in [2.05, 4.69) is 4.99 Å². The average Bonchev–Trinajstić information content (AvgIpc) is 3.02. The minimum absolute atomic E-state index is 0.105. The fourth-order valence-electron chi connectivity index (χ4n) is 2.48. The van der Waals surface area contributed by atoms with Crippen LogP contribution in [-0.2, 0) is 28.6 Å². The molecule has 0 spiro atoms. The minimum Gasteiger partial charge on any atom is -0.475 e. The smallest absolute Gasteiger partial charge is 0.308 e. The molecule has 0 bridgehead atoms. The topological polar surface area (TPSA) is 100 Å². The highest BCUT2D eigenvalue weighted by Gasteiger charge is 2.32. The lowest BCUT2D eigenvalue weighted by Crippen LogP contribution is -2.35. The maximum atomic E-state index is 11.3. The van der Waals surface area contributed by atoms with Gasteiger partial charge in [-0.15, -0.1) is 0 Å². The van der Waals surface area contributed by atoms with Crippen molar-refractivity contribution in [3.8, 4) is 5.75 Å². The van der Waals surface area contributed by atoms with Crippen LogP contribution in [0.4, 0.5) is 0 Å². The van der Waals surface area contributed by atoms with E-state index in [1.54, 1.807) is 25.1 Å². The number of nitrogens with zero attached hydrogens (tertiary/aromatic N) is 1. The molecular formula is C18H21NO7. The van der Waals surface area contributed by atoms with Crippen molar-refractivity contribution in [1.82, 2.24) is 0 Å². The molecule has 0 saturated carbocycles. The predicted octanol–water partition coefficient (Wildman–Crippen LogP) is 1.56. The summed E-state index contributed by atoms with van der Waals surface area (Å²) >= 11 is 0. The first kappa shape index (κ1) is 19.4. The lowest BCUT2D eigenvalue weighted by Gasteiger charge is -2.19. The summed E-state index contributed by atoms with van der Waals surface area (Å²) in [5.74, 6) is -0.634. The molecule has 1 heterocycles. The lowest BCUT2D eigenvalue weighted by atomic mass is 10.1. The standard InChI is InChI=1S/C18H21NO7/c1-10-14(6-5-7-16(10)25-12(3)21)18-19-15(8-24-18)17(26-13(4)22)9-23-11(2)20/h5-7,15,17H,8-9H2,1-4H3/t15?,17-/m0/s1. The fourth-order valence-corrected chi connectivity index (χ4v) is 2.48. The number of hydrogen-bond acceptors (Lipinski definition) is 8. The highest BCUT2D eigenvalue weighted by molar-refractivity contribution is 5.97. The third-order valence-corrected chi connectivity index (χ3v) is 3.64. The first-order chi connectivity index (χ1) is 12.3. The van der Waals surface area contributed by atoms with Crippen molar-refractivity contribution >= 4 is 23.8 Å². The first-order valence-electron chi connectivity index (χ1n) is 8.07. The van der Waals surface area contributed by atoms with Gasteiger partial charge in [-0.05, 0) is 19.1 Å². The Balaban J connectivity index is 2.22. The average molecular weight is 363 g/mol. The van der Waals surface area contributed by atoms with Gasteiger partial charge in [-0.3, -0.25) is 14.4 Å². The molecule has 0 saturated heterocycles. The Kier molecular flexibility index (Phi) is 6.32. The Hall–Kier alpha value is -2.90. The van der Waals surface area contributed by atoms with Crippen LogP contribution >= 0.6 is 0 Å². The van der Waals surface area contributed by atoms with Gasteiger partial charge in [-0.1, -0.05) is 6.07 Å². The highest BCUT2D eigenvalue weighted by atomic mass is 16.6. The molecule has 0 aromatic heterocycles. The van der Waals surface area contributed by atoms with Crippen LogP contribution in [0.5, 0.6) is 5.75 Å². The van der Waals surface area contributed by atoms with Gasteiger partial charge in [0.25, 0.3) is 0 Å². The van der Waals surface area contributed by atoms with E-state index in [1.165, 1.54) is 20.8 Å². The minimum atomic E-state index is -0.745. The van der Waals surface area contributed by atoms with Crippen LogP contribution < -0.4 is 4.74 Å². The maximum Gasteiger partial charge on any atom is 0.308 e. The van der Waals surface area contributed by atoms with Crippen LogP contribution in [0, 0.1) is 6.92 Å². The van der Waals surface area contributed by atoms with Gasteiger partial charge in [-0.2, -0.15) is 0 Å². The SMILES string of the molecule is CC(=O)OC[C@H](OC(C)=O)C1COC(c2cccc(OC(C)=O)c2C)=N1. The molecule has 140 valence electrons. The summed E-state index contributed by atoms with van der Waals surface area (Å²) in [6.45, 7) is 5.72. The van der Waals surface area contributed by atoms with Gasteiger partial charge in [0.2, 0.25) is 5.90 Å². The zero-order chi connectivity index (χ0) is 19.3. The zero-order valence-electron chi connectivity index (χ0n) is 15.1. The molecular weight excluding hydrogens is 342 g/mol. The fraction of sp³-hybridized carbons (Fsp3) is 0.444. The number of benzene rings is 1. The van der Waals surface area contributed by atoms with Crippen molar-refractivity contribution in [1.29, 1.82) is 0 Å². The third kappa shape index (κ3) is 5.05. The molecule has 1 aliphatic heterocycles.